The highest BCUT2D eigenvalue weighted by atomic mass is 16.6. The van der Waals surface area contributed by atoms with E-state index in [1.807, 2.05) is 24.3 Å². The smallest absolute Gasteiger partial charge is 0.338 e. The van der Waals surface area contributed by atoms with Crippen molar-refractivity contribution in [1.82, 2.24) is 10.2 Å². The van der Waals surface area contributed by atoms with E-state index in [0.29, 0.717) is 67.8 Å². The van der Waals surface area contributed by atoms with Crippen molar-refractivity contribution in [2.75, 3.05) is 13.7 Å². The van der Waals surface area contributed by atoms with Gasteiger partial charge >= 0.3 is 17.9 Å². The van der Waals surface area contributed by atoms with Crippen molar-refractivity contribution < 1.29 is 33.7 Å². The summed E-state index contributed by atoms with van der Waals surface area (Å²) >= 11 is 0. The molecule has 2 aliphatic heterocycles. The van der Waals surface area contributed by atoms with Crippen molar-refractivity contribution >= 4 is 17.9 Å². The van der Waals surface area contributed by atoms with E-state index in [4.69, 9.17) is 14.2 Å². The number of likely N-dealkylation sites (tertiary alicyclic amines) is 1. The first-order chi connectivity index (χ1) is 31.8. The fraction of sp³-hybridized carbons (Fsp3) is 0.678. The van der Waals surface area contributed by atoms with Gasteiger partial charge < -0.3 is 24.6 Å². The molecule has 2 saturated heterocycles. The van der Waals surface area contributed by atoms with Crippen molar-refractivity contribution in [2.24, 2.45) is 11.3 Å². The Morgan fingerprint density at radius 3 is 1.81 bits per heavy atom. The zero-order valence-corrected chi connectivity index (χ0v) is 44.5. The summed E-state index contributed by atoms with van der Waals surface area (Å²) in [5, 5.41) is 14.9. The van der Waals surface area contributed by atoms with Crippen LogP contribution in [0.25, 0.3) is 0 Å². The van der Waals surface area contributed by atoms with Gasteiger partial charge in [-0.2, -0.15) is 0 Å². The molecule has 378 valence electrons. The Morgan fingerprint density at radius 2 is 1.28 bits per heavy atom. The number of benzene rings is 2. The number of phenols is 1. The lowest BCUT2D eigenvalue weighted by Crippen LogP contribution is -2.61. The minimum absolute atomic E-state index is 0.0418. The van der Waals surface area contributed by atoms with Crippen molar-refractivity contribution in [1.29, 1.82) is 0 Å². The van der Waals surface area contributed by atoms with Crippen LogP contribution in [0.1, 0.15) is 224 Å². The summed E-state index contributed by atoms with van der Waals surface area (Å²) < 4.78 is 18.8. The lowest BCUT2D eigenvalue weighted by molar-refractivity contribution is -0.184. The number of esters is 3. The zero-order valence-electron chi connectivity index (χ0n) is 44.5. The van der Waals surface area contributed by atoms with Gasteiger partial charge in [-0.15, -0.1) is 0 Å². The third-order valence-electron chi connectivity index (χ3n) is 15.6. The van der Waals surface area contributed by atoms with Crippen molar-refractivity contribution in [3.05, 3.63) is 88.8 Å². The van der Waals surface area contributed by atoms with Crippen LogP contribution in [-0.2, 0) is 41.1 Å². The summed E-state index contributed by atoms with van der Waals surface area (Å²) in [4.78, 5) is 46.0. The van der Waals surface area contributed by atoms with E-state index < -0.39 is 40.4 Å². The summed E-state index contributed by atoms with van der Waals surface area (Å²) in [5.74, 6) is 0.147. The molecule has 9 heteroatoms. The van der Waals surface area contributed by atoms with Crippen LogP contribution in [-0.4, -0.2) is 64.9 Å². The number of rotatable bonds is 19. The molecular weight excluding hydrogens is 849 g/mol. The first-order valence-corrected chi connectivity index (χ1v) is 26.2. The second-order valence-electron chi connectivity index (χ2n) is 24.3. The molecule has 0 aromatic heterocycles. The fourth-order valence-corrected chi connectivity index (χ4v) is 11.2. The molecule has 5 rings (SSSR count). The SMILES string of the molecule is C=C1CC(OC(=O)C(CCCCCCOC(=O)c2ccc(C3CCC(CCCCC)CC3)cc2)(Cc2cc(C(C)(C)C)c(O)c(C(C)(C)C)c2)C(=O)OC2CC(C)(C)N(C)C(C)(C)C2)CC(=C)N1. The zero-order chi connectivity index (χ0) is 50.2. The Balaban J connectivity index is 1.34. The van der Waals surface area contributed by atoms with Crippen LogP contribution < -0.4 is 5.32 Å². The van der Waals surface area contributed by atoms with E-state index in [2.05, 4.69) is 119 Å². The van der Waals surface area contributed by atoms with E-state index in [1.165, 1.54) is 56.9 Å². The number of carbonyl (C=O) groups excluding carboxylic acids is 3. The van der Waals surface area contributed by atoms with E-state index in [1.54, 1.807) is 0 Å². The monoisotopic (exact) mass is 939 g/mol. The standard InChI is InChI=1S/C59H90N2O7/c1-15-16-19-22-42-23-25-44(26-24-42)45-27-29-46(30-28-45)52(63)66-32-21-18-17-20-31-59(53(64)67-47-33-40(2)60-41(3)34-47,54(65)68-48-38-57(10,11)61(14)58(12,13)39-48)37-43-35-49(55(4,5)6)51(62)50(36-43)56(7,8)9/h27-30,35-36,42,44,47-48,60,62H,2-3,15-26,31-34,37-39H2,1,4-14H3. The van der Waals surface area contributed by atoms with Gasteiger partial charge in [-0.3, -0.25) is 14.5 Å². The molecule has 9 nitrogen and oxygen atoms in total. The molecule has 1 saturated carbocycles. The maximum atomic E-state index is 15.3. The Kier molecular flexibility index (Phi) is 18.3. The molecule has 2 N–H and O–H groups in total. The molecule has 0 bridgehead atoms. The topological polar surface area (TPSA) is 114 Å². The highest BCUT2D eigenvalue weighted by molar-refractivity contribution is 6.00. The Morgan fingerprint density at radius 1 is 0.750 bits per heavy atom. The highest BCUT2D eigenvalue weighted by Crippen LogP contribution is 2.45. The molecule has 3 fully saturated rings. The molecule has 3 aliphatic rings. The Bertz CT molecular complexity index is 1990. The van der Waals surface area contributed by atoms with Crippen molar-refractivity contribution in [3.8, 4) is 5.75 Å². The molecule has 2 heterocycles. The summed E-state index contributed by atoms with van der Waals surface area (Å²) in [5.41, 5.74) is 2.49. The molecule has 0 amide bonds. The van der Waals surface area contributed by atoms with Gasteiger partial charge in [-0.25, -0.2) is 4.79 Å². The number of nitrogens with zero attached hydrogens (tertiary/aromatic N) is 1. The third kappa shape index (κ3) is 14.3. The molecule has 1 atom stereocenters. The van der Waals surface area contributed by atoms with Crippen LogP contribution in [0.15, 0.2) is 61.0 Å². The number of aromatic hydroxyl groups is 1. The number of nitrogens with one attached hydrogen (secondary N) is 1. The number of ether oxygens (including phenoxy) is 3. The third-order valence-corrected chi connectivity index (χ3v) is 15.6. The quantitative estimate of drug-likeness (QED) is 0.0615. The van der Waals surface area contributed by atoms with Gasteiger partial charge in [0.25, 0.3) is 0 Å². The molecule has 2 aromatic carbocycles. The minimum atomic E-state index is -1.70. The van der Waals surface area contributed by atoms with Crippen LogP contribution in [0.3, 0.4) is 0 Å². The van der Waals surface area contributed by atoms with Crippen molar-refractivity contribution in [2.45, 2.75) is 232 Å². The number of piperidine rings is 2. The van der Waals surface area contributed by atoms with Gasteiger partial charge in [0.05, 0.1) is 12.2 Å². The average Bonchev–Trinajstić information content (AvgIpc) is 3.24. The first kappa shape index (κ1) is 54.8. The fourth-order valence-electron chi connectivity index (χ4n) is 11.2. The summed E-state index contributed by atoms with van der Waals surface area (Å²) in [6.45, 7) is 31.8. The van der Waals surface area contributed by atoms with Gasteiger partial charge in [-0.05, 0) is 137 Å². The predicted molar refractivity (Wildman–Crippen MR) is 276 cm³/mol. The van der Waals surface area contributed by atoms with E-state index in [-0.39, 0.29) is 42.2 Å². The number of phenolic OH excluding ortho intramolecular Hbond substituents is 1. The van der Waals surface area contributed by atoms with Crippen molar-refractivity contribution in [3.63, 3.8) is 0 Å². The molecule has 2 aromatic rings. The van der Waals surface area contributed by atoms with Gasteiger partial charge in [0.2, 0.25) is 0 Å². The first-order valence-electron chi connectivity index (χ1n) is 26.2. The summed E-state index contributed by atoms with van der Waals surface area (Å²) in [6, 6.07) is 12.0. The van der Waals surface area contributed by atoms with Gasteiger partial charge in [0.1, 0.15) is 18.0 Å². The average molecular weight is 939 g/mol. The predicted octanol–water partition coefficient (Wildman–Crippen LogP) is 13.7. The maximum Gasteiger partial charge on any atom is 0.338 e. The number of unbranched alkanes of at least 4 members (excludes halogenated alkanes) is 5. The number of hydrogen-bond donors (Lipinski definition) is 2. The van der Waals surface area contributed by atoms with E-state index in [0.717, 1.165) is 29.0 Å². The highest BCUT2D eigenvalue weighted by Gasteiger charge is 2.52. The van der Waals surface area contributed by atoms with Gasteiger partial charge in [0, 0.05) is 48.2 Å². The van der Waals surface area contributed by atoms with Crippen LogP contribution in [0.4, 0.5) is 0 Å². The molecule has 1 unspecified atom stereocenters. The van der Waals surface area contributed by atoms with Crippen LogP contribution in [0.2, 0.25) is 0 Å². The van der Waals surface area contributed by atoms with Gasteiger partial charge in [-0.1, -0.05) is 131 Å². The second-order valence-corrected chi connectivity index (χ2v) is 24.3. The molecule has 0 spiro atoms. The Labute approximate surface area is 411 Å². The van der Waals surface area contributed by atoms with E-state index in [9.17, 15) is 9.90 Å². The summed E-state index contributed by atoms with van der Waals surface area (Å²) in [7, 11) is 2.11. The lowest BCUT2D eigenvalue weighted by atomic mass is 9.73. The second kappa shape index (κ2) is 22.8. The minimum Gasteiger partial charge on any atom is -0.507 e. The van der Waals surface area contributed by atoms with Crippen LogP contribution in [0.5, 0.6) is 5.75 Å². The molecule has 0 radical (unpaired) electrons. The van der Waals surface area contributed by atoms with Crippen LogP contribution in [0, 0.1) is 11.3 Å². The normalized spacial score (nSPS) is 21.4. The maximum absolute atomic E-state index is 15.3. The lowest BCUT2D eigenvalue weighted by Gasteiger charge is -2.53. The summed E-state index contributed by atoms with van der Waals surface area (Å²) in [6.07, 6.45) is 14.3. The Hall–Kier alpha value is -4.11. The molecular formula is C59H90N2O7. The van der Waals surface area contributed by atoms with E-state index >= 15 is 9.59 Å². The largest absolute Gasteiger partial charge is 0.507 e. The molecule has 68 heavy (non-hydrogen) atoms. The number of carbonyl (C=O) groups is 3. The van der Waals surface area contributed by atoms with Crippen LogP contribution >= 0.6 is 0 Å². The van der Waals surface area contributed by atoms with Gasteiger partial charge in [0.15, 0.2) is 5.41 Å². The molecule has 1 aliphatic carbocycles. The number of hydrogen-bond acceptors (Lipinski definition) is 9.